The van der Waals surface area contributed by atoms with Gasteiger partial charge in [-0.05, 0) is 36.4 Å². The van der Waals surface area contributed by atoms with Crippen LogP contribution in [0, 0.1) is 0 Å². The smallest absolute Gasteiger partial charge is 0.247 e. The zero-order chi connectivity index (χ0) is 18.4. The lowest BCUT2D eigenvalue weighted by Gasteiger charge is -2.12. The van der Waals surface area contributed by atoms with Gasteiger partial charge in [0, 0.05) is 17.1 Å². The van der Waals surface area contributed by atoms with Crippen LogP contribution in [0.1, 0.15) is 0 Å². The molecule has 0 aliphatic carbocycles. The van der Waals surface area contributed by atoms with Gasteiger partial charge in [0.05, 0.1) is 11.9 Å². The Morgan fingerprint density at radius 1 is 1.00 bits per heavy atom. The summed E-state index contributed by atoms with van der Waals surface area (Å²) in [4.78, 5) is 20.0. The predicted molar refractivity (Wildman–Crippen MR) is 105 cm³/mol. The minimum atomic E-state index is -0.280. The average molecular weight is 346 g/mol. The summed E-state index contributed by atoms with van der Waals surface area (Å²) in [7, 11) is 0. The van der Waals surface area contributed by atoms with Gasteiger partial charge in [-0.2, -0.15) is 4.98 Å². The molecule has 1 amide bonds. The molecule has 0 spiro atoms. The highest BCUT2D eigenvalue weighted by atomic mass is 16.1. The van der Waals surface area contributed by atoms with Gasteiger partial charge in [-0.3, -0.25) is 4.79 Å². The van der Waals surface area contributed by atoms with Crippen molar-refractivity contribution < 1.29 is 4.79 Å². The maximum absolute atomic E-state index is 11.4. The number of aromatic nitrogens is 2. The van der Waals surface area contributed by atoms with E-state index in [-0.39, 0.29) is 5.91 Å². The fourth-order valence-corrected chi connectivity index (χ4v) is 2.21. The lowest BCUT2D eigenvalue weighted by Crippen LogP contribution is -2.08. The quantitative estimate of drug-likeness (QED) is 0.508. The second-order valence-corrected chi connectivity index (χ2v) is 5.39. The Balaban J connectivity index is 1.79. The second kappa shape index (κ2) is 7.80. The van der Waals surface area contributed by atoms with Crippen molar-refractivity contribution >= 4 is 40.4 Å². The largest absolute Gasteiger partial charge is 0.394 e. The molecule has 3 rings (SSSR count). The van der Waals surface area contributed by atoms with Crippen LogP contribution in [0.3, 0.4) is 0 Å². The summed E-state index contributed by atoms with van der Waals surface area (Å²) >= 11 is 0. The first-order valence-corrected chi connectivity index (χ1v) is 7.89. The molecular weight excluding hydrogens is 328 g/mol. The molecule has 1 aromatic heterocycles. The number of carbonyl (C=O) groups excluding carboxylic acids is 1. The van der Waals surface area contributed by atoms with E-state index in [2.05, 4.69) is 32.5 Å². The van der Waals surface area contributed by atoms with Crippen LogP contribution in [-0.4, -0.2) is 15.9 Å². The molecule has 0 atom stereocenters. The molecule has 0 radical (unpaired) electrons. The summed E-state index contributed by atoms with van der Waals surface area (Å²) in [5.41, 5.74) is 8.61. The Bertz CT molecular complexity index is 926. The Morgan fingerprint density at radius 3 is 2.50 bits per heavy atom. The number of para-hydroxylation sites is 1. The van der Waals surface area contributed by atoms with Gasteiger partial charge in [-0.25, -0.2) is 4.98 Å². The van der Waals surface area contributed by atoms with Gasteiger partial charge in [0.1, 0.15) is 0 Å². The summed E-state index contributed by atoms with van der Waals surface area (Å²) in [6, 6.07) is 16.8. The zero-order valence-corrected chi connectivity index (χ0v) is 13.9. The Kier molecular flexibility index (Phi) is 5.09. The summed E-state index contributed by atoms with van der Waals surface area (Å²) in [6.45, 7) is 3.43. The lowest BCUT2D eigenvalue weighted by atomic mass is 10.2. The monoisotopic (exact) mass is 346 g/mol. The number of anilines is 6. The van der Waals surface area contributed by atoms with Crippen LogP contribution in [0.5, 0.6) is 0 Å². The Labute approximate surface area is 151 Å². The van der Waals surface area contributed by atoms with Gasteiger partial charge in [0.25, 0.3) is 0 Å². The minimum absolute atomic E-state index is 0.280. The standard InChI is InChI=1S/C19H18N6O/c1-2-17(26)22-14-9-6-10-15(11-14)23-18-16(20)12-21-19(25-18)24-13-7-4-3-5-8-13/h2-12H,1,20H2,(H,22,26)(H2,21,23,24,25). The molecular formula is C19H18N6O. The number of nitrogens with two attached hydrogens (primary N) is 1. The number of carbonyl (C=O) groups is 1. The van der Waals surface area contributed by atoms with E-state index >= 15 is 0 Å². The molecule has 7 nitrogen and oxygen atoms in total. The van der Waals surface area contributed by atoms with Crippen LogP contribution in [-0.2, 0) is 4.79 Å². The highest BCUT2D eigenvalue weighted by Crippen LogP contribution is 2.24. The molecule has 0 aliphatic rings. The highest BCUT2D eigenvalue weighted by molar-refractivity contribution is 5.99. The van der Waals surface area contributed by atoms with Crippen molar-refractivity contribution in [2.24, 2.45) is 0 Å². The highest BCUT2D eigenvalue weighted by Gasteiger charge is 2.06. The average Bonchev–Trinajstić information content (AvgIpc) is 2.65. The number of nitrogens with zero attached hydrogens (tertiary/aromatic N) is 2. The van der Waals surface area contributed by atoms with Crippen molar-refractivity contribution in [1.82, 2.24) is 9.97 Å². The fourth-order valence-electron chi connectivity index (χ4n) is 2.21. The maximum atomic E-state index is 11.4. The van der Waals surface area contributed by atoms with Crippen molar-refractivity contribution in [3.63, 3.8) is 0 Å². The van der Waals surface area contributed by atoms with Crippen LogP contribution in [0.25, 0.3) is 0 Å². The summed E-state index contributed by atoms with van der Waals surface area (Å²) in [5, 5.41) is 8.96. The zero-order valence-electron chi connectivity index (χ0n) is 13.9. The summed E-state index contributed by atoms with van der Waals surface area (Å²) in [5.74, 6) is 0.604. The van der Waals surface area contributed by atoms with Crippen LogP contribution in [0.15, 0.2) is 73.4 Å². The number of nitrogen functional groups attached to an aromatic ring is 1. The van der Waals surface area contributed by atoms with Gasteiger partial charge in [0.15, 0.2) is 5.82 Å². The lowest BCUT2D eigenvalue weighted by molar-refractivity contribution is -0.111. The molecule has 0 fully saturated rings. The molecule has 3 aromatic rings. The minimum Gasteiger partial charge on any atom is -0.394 e. The van der Waals surface area contributed by atoms with E-state index in [1.165, 1.54) is 12.3 Å². The van der Waals surface area contributed by atoms with Crippen LogP contribution >= 0.6 is 0 Å². The molecule has 7 heteroatoms. The van der Waals surface area contributed by atoms with E-state index in [1.54, 1.807) is 12.1 Å². The topological polar surface area (TPSA) is 105 Å². The van der Waals surface area contributed by atoms with E-state index < -0.39 is 0 Å². The van der Waals surface area contributed by atoms with Crippen LogP contribution < -0.4 is 21.7 Å². The number of rotatable bonds is 6. The first-order valence-electron chi connectivity index (χ1n) is 7.89. The molecule has 0 saturated carbocycles. The van der Waals surface area contributed by atoms with E-state index in [4.69, 9.17) is 5.73 Å². The molecule has 130 valence electrons. The van der Waals surface area contributed by atoms with Crippen molar-refractivity contribution in [1.29, 1.82) is 0 Å². The summed E-state index contributed by atoms with van der Waals surface area (Å²) < 4.78 is 0. The first kappa shape index (κ1) is 17.0. The third-order valence-electron chi connectivity index (χ3n) is 3.43. The molecule has 2 aromatic carbocycles. The summed E-state index contributed by atoms with van der Waals surface area (Å²) in [6.07, 6.45) is 2.74. The number of hydrogen-bond donors (Lipinski definition) is 4. The van der Waals surface area contributed by atoms with Gasteiger partial charge < -0.3 is 21.7 Å². The van der Waals surface area contributed by atoms with Crippen LogP contribution in [0.4, 0.5) is 34.5 Å². The van der Waals surface area contributed by atoms with E-state index in [1.807, 2.05) is 42.5 Å². The van der Waals surface area contributed by atoms with Gasteiger partial charge >= 0.3 is 0 Å². The molecule has 26 heavy (non-hydrogen) atoms. The van der Waals surface area contributed by atoms with Crippen molar-refractivity contribution in [2.75, 3.05) is 21.7 Å². The van der Waals surface area contributed by atoms with Gasteiger partial charge in [-0.15, -0.1) is 0 Å². The number of nitrogens with one attached hydrogen (secondary N) is 3. The third-order valence-corrected chi connectivity index (χ3v) is 3.43. The molecule has 0 bridgehead atoms. The van der Waals surface area contributed by atoms with E-state index in [9.17, 15) is 4.79 Å². The van der Waals surface area contributed by atoms with Gasteiger partial charge in [0.2, 0.25) is 11.9 Å². The number of benzene rings is 2. The van der Waals surface area contributed by atoms with Crippen molar-refractivity contribution in [3.05, 3.63) is 73.4 Å². The predicted octanol–water partition coefficient (Wildman–Crippen LogP) is 3.67. The maximum Gasteiger partial charge on any atom is 0.247 e. The second-order valence-electron chi connectivity index (χ2n) is 5.39. The first-order chi connectivity index (χ1) is 12.6. The molecule has 0 saturated heterocycles. The molecule has 0 unspecified atom stereocenters. The van der Waals surface area contributed by atoms with E-state index in [0.29, 0.717) is 23.1 Å². The Hall–Kier alpha value is -3.87. The van der Waals surface area contributed by atoms with Crippen molar-refractivity contribution in [3.8, 4) is 0 Å². The normalized spacial score (nSPS) is 10.0. The van der Waals surface area contributed by atoms with Gasteiger partial charge in [-0.1, -0.05) is 30.8 Å². The third kappa shape index (κ3) is 4.35. The molecule has 0 aliphatic heterocycles. The SMILES string of the molecule is C=CC(=O)Nc1cccc(Nc2nc(Nc3ccccc3)ncc2N)c1. The number of hydrogen-bond acceptors (Lipinski definition) is 6. The van der Waals surface area contributed by atoms with Crippen LogP contribution in [0.2, 0.25) is 0 Å². The van der Waals surface area contributed by atoms with E-state index in [0.717, 1.165) is 11.4 Å². The number of amides is 1. The molecule has 1 heterocycles. The Morgan fingerprint density at radius 2 is 1.73 bits per heavy atom. The van der Waals surface area contributed by atoms with Crippen molar-refractivity contribution in [2.45, 2.75) is 0 Å². The fraction of sp³-hybridized carbons (Fsp3) is 0. The molecule has 5 N–H and O–H groups in total.